The molecule has 0 unspecified atom stereocenters. The quantitative estimate of drug-likeness (QED) is 0.176. The molecular weight excluding hydrogens is 635 g/mol. The molecule has 0 saturated carbocycles. The minimum Gasteiger partial charge on any atom is -0.456 e. The van der Waals surface area contributed by atoms with E-state index in [0.717, 1.165) is 38.6 Å². The molecule has 1 aliphatic carbocycles. The summed E-state index contributed by atoms with van der Waals surface area (Å²) in [4.78, 5) is 15.5. The van der Waals surface area contributed by atoms with Crippen molar-refractivity contribution < 1.29 is 4.42 Å². The summed E-state index contributed by atoms with van der Waals surface area (Å²) >= 11 is 0. The lowest BCUT2D eigenvalue weighted by molar-refractivity contribution is 0.647. The van der Waals surface area contributed by atoms with Gasteiger partial charge in [-0.3, -0.25) is 0 Å². The third-order valence-corrected chi connectivity index (χ3v) is 11.1. The van der Waals surface area contributed by atoms with E-state index in [1.165, 1.54) is 54.6 Å². The summed E-state index contributed by atoms with van der Waals surface area (Å²) in [5.41, 5.74) is 9.51. The van der Waals surface area contributed by atoms with Crippen LogP contribution in [0.2, 0.25) is 0 Å². The van der Waals surface area contributed by atoms with Crippen LogP contribution in [0.1, 0.15) is 25.0 Å². The van der Waals surface area contributed by atoms with Gasteiger partial charge in [-0.1, -0.05) is 141 Å². The first-order valence-corrected chi connectivity index (χ1v) is 17.8. The first-order chi connectivity index (χ1) is 25.5. The molecule has 0 radical (unpaired) electrons. The summed E-state index contributed by atoms with van der Waals surface area (Å²) in [7, 11) is 0. The summed E-state index contributed by atoms with van der Waals surface area (Å²) in [6.45, 7) is 4.60. The Bertz CT molecular complexity index is 3100. The smallest absolute Gasteiger partial charge is 0.164 e. The molecule has 0 aliphatic heterocycles. The zero-order valence-corrected chi connectivity index (χ0v) is 28.7. The van der Waals surface area contributed by atoms with Crippen LogP contribution in [0.5, 0.6) is 0 Å². The number of fused-ring (bicyclic) bond motifs is 11. The normalized spacial score (nSPS) is 13.3. The van der Waals surface area contributed by atoms with Gasteiger partial charge in [-0.05, 0) is 78.8 Å². The highest BCUT2D eigenvalue weighted by molar-refractivity contribution is 6.20. The molecular formula is C48H31N3O. The summed E-state index contributed by atoms with van der Waals surface area (Å²) in [6.07, 6.45) is 0. The molecule has 0 bridgehead atoms. The lowest BCUT2D eigenvalue weighted by atomic mass is 9.82. The van der Waals surface area contributed by atoms with Crippen molar-refractivity contribution >= 4 is 54.3 Å². The molecule has 0 atom stereocenters. The predicted octanol–water partition coefficient (Wildman–Crippen LogP) is 12.5. The van der Waals surface area contributed by atoms with E-state index in [0.29, 0.717) is 17.5 Å². The highest BCUT2D eigenvalue weighted by Crippen LogP contribution is 2.51. The largest absolute Gasteiger partial charge is 0.456 e. The van der Waals surface area contributed by atoms with E-state index in [1.54, 1.807) is 0 Å². The maximum Gasteiger partial charge on any atom is 0.164 e. The number of hydrogen-bond donors (Lipinski definition) is 0. The Morgan fingerprint density at radius 1 is 0.404 bits per heavy atom. The average molecular weight is 666 g/mol. The Hall–Kier alpha value is -6.65. The molecule has 1 aliphatic rings. The summed E-state index contributed by atoms with van der Waals surface area (Å²) in [6, 6.07) is 53.6. The van der Waals surface area contributed by atoms with E-state index in [9.17, 15) is 0 Å². The third kappa shape index (κ3) is 4.18. The number of benzene rings is 8. The zero-order valence-electron chi connectivity index (χ0n) is 28.7. The van der Waals surface area contributed by atoms with Gasteiger partial charge in [0.15, 0.2) is 17.5 Å². The fourth-order valence-corrected chi connectivity index (χ4v) is 8.51. The van der Waals surface area contributed by atoms with Crippen molar-refractivity contribution in [3.63, 3.8) is 0 Å². The van der Waals surface area contributed by atoms with Crippen LogP contribution in [0.4, 0.5) is 0 Å². The Morgan fingerprint density at radius 2 is 1.08 bits per heavy atom. The van der Waals surface area contributed by atoms with Crippen molar-refractivity contribution in [2.75, 3.05) is 0 Å². The lowest BCUT2D eigenvalue weighted by Crippen LogP contribution is -2.14. The third-order valence-electron chi connectivity index (χ3n) is 11.1. The summed E-state index contributed by atoms with van der Waals surface area (Å²) in [5, 5.41) is 9.33. The molecule has 0 N–H and O–H groups in total. The first kappa shape index (κ1) is 29.1. The molecule has 0 amide bonds. The number of rotatable bonds is 3. The second-order valence-corrected chi connectivity index (χ2v) is 14.4. The lowest BCUT2D eigenvalue weighted by Gasteiger charge is -2.21. The second-order valence-electron chi connectivity index (χ2n) is 14.4. The van der Waals surface area contributed by atoms with Crippen molar-refractivity contribution in [3.05, 3.63) is 163 Å². The molecule has 2 heterocycles. The number of hydrogen-bond acceptors (Lipinski definition) is 4. The van der Waals surface area contributed by atoms with Crippen molar-refractivity contribution in [2.24, 2.45) is 0 Å². The Balaban J connectivity index is 1.17. The fourth-order valence-electron chi connectivity index (χ4n) is 8.51. The van der Waals surface area contributed by atoms with E-state index in [-0.39, 0.29) is 5.41 Å². The van der Waals surface area contributed by atoms with Gasteiger partial charge in [0.25, 0.3) is 0 Å². The fraction of sp³-hybridized carbons (Fsp3) is 0.0625. The molecule has 0 saturated heterocycles. The minimum absolute atomic E-state index is 0.118. The van der Waals surface area contributed by atoms with Crippen LogP contribution < -0.4 is 0 Å². The van der Waals surface area contributed by atoms with Crippen molar-refractivity contribution in [3.8, 4) is 45.3 Å². The topological polar surface area (TPSA) is 51.8 Å². The predicted molar refractivity (Wildman–Crippen MR) is 213 cm³/mol. The molecule has 8 aromatic carbocycles. The first-order valence-electron chi connectivity index (χ1n) is 17.8. The number of aromatic nitrogens is 3. The van der Waals surface area contributed by atoms with E-state index in [1.807, 2.05) is 30.3 Å². The molecule has 0 spiro atoms. The summed E-state index contributed by atoms with van der Waals surface area (Å²) < 4.78 is 6.61. The van der Waals surface area contributed by atoms with Gasteiger partial charge in [-0.2, -0.15) is 0 Å². The van der Waals surface area contributed by atoms with Crippen molar-refractivity contribution in [2.45, 2.75) is 19.3 Å². The second kappa shape index (κ2) is 10.7. The highest BCUT2D eigenvalue weighted by atomic mass is 16.3. The van der Waals surface area contributed by atoms with Gasteiger partial charge >= 0.3 is 0 Å². The molecule has 11 rings (SSSR count). The van der Waals surface area contributed by atoms with E-state index in [2.05, 4.69) is 135 Å². The van der Waals surface area contributed by atoms with Gasteiger partial charge in [0.1, 0.15) is 11.2 Å². The number of nitrogens with zero attached hydrogens (tertiary/aromatic N) is 3. The zero-order chi connectivity index (χ0) is 34.6. The molecule has 4 nitrogen and oxygen atoms in total. The van der Waals surface area contributed by atoms with E-state index >= 15 is 0 Å². The van der Waals surface area contributed by atoms with Crippen LogP contribution in [-0.2, 0) is 5.41 Å². The van der Waals surface area contributed by atoms with Crippen LogP contribution in [0, 0.1) is 0 Å². The maximum atomic E-state index is 6.61. The van der Waals surface area contributed by atoms with Gasteiger partial charge < -0.3 is 4.42 Å². The van der Waals surface area contributed by atoms with Gasteiger partial charge in [0, 0.05) is 32.9 Å². The standard InChI is InChI=1S/C48H31N3O/c1-48(2)39-17-9-8-15-34(39)37-26-38-42(27-40(37)48)52-41-18-10-16-35(44(38)41)47-50-45(31-12-4-3-5-13-31)49-46(51-47)32-24-21-29-20-23-30-22-19-28-11-6-7-14-33(28)43(30)36(29)25-32/h3-27H,1-2H3. The van der Waals surface area contributed by atoms with E-state index < -0.39 is 0 Å². The van der Waals surface area contributed by atoms with Crippen LogP contribution >= 0.6 is 0 Å². The summed E-state index contributed by atoms with van der Waals surface area (Å²) in [5.74, 6) is 1.87. The van der Waals surface area contributed by atoms with Gasteiger partial charge in [-0.15, -0.1) is 0 Å². The molecule has 10 aromatic rings. The molecule has 4 heteroatoms. The molecule has 0 fully saturated rings. The average Bonchev–Trinajstić information content (AvgIpc) is 3.68. The van der Waals surface area contributed by atoms with Crippen LogP contribution in [0.3, 0.4) is 0 Å². The van der Waals surface area contributed by atoms with E-state index in [4.69, 9.17) is 19.4 Å². The van der Waals surface area contributed by atoms with Crippen molar-refractivity contribution in [1.29, 1.82) is 0 Å². The van der Waals surface area contributed by atoms with Crippen LogP contribution in [-0.4, -0.2) is 15.0 Å². The monoisotopic (exact) mass is 665 g/mol. The van der Waals surface area contributed by atoms with Crippen LogP contribution in [0.25, 0.3) is 99.5 Å². The minimum atomic E-state index is -0.118. The molecule has 2 aromatic heterocycles. The van der Waals surface area contributed by atoms with Gasteiger partial charge in [0.05, 0.1) is 0 Å². The number of furan rings is 1. The van der Waals surface area contributed by atoms with Gasteiger partial charge in [0.2, 0.25) is 0 Å². The Morgan fingerprint density at radius 3 is 1.94 bits per heavy atom. The highest BCUT2D eigenvalue weighted by Gasteiger charge is 2.36. The van der Waals surface area contributed by atoms with Crippen molar-refractivity contribution in [1.82, 2.24) is 15.0 Å². The maximum absolute atomic E-state index is 6.61. The molecule has 244 valence electrons. The Kier molecular flexibility index (Phi) is 5.98. The van der Waals surface area contributed by atoms with Crippen LogP contribution in [0.15, 0.2) is 156 Å². The SMILES string of the molecule is CC1(C)c2ccccc2-c2cc3c(cc21)oc1cccc(-c2nc(-c4ccccc4)nc(-c4ccc5ccc6ccc7ccccc7c6c5c4)n2)c13. The molecule has 52 heavy (non-hydrogen) atoms. The Labute approximate surface area is 300 Å². The van der Waals surface area contributed by atoms with Gasteiger partial charge in [-0.25, -0.2) is 15.0 Å².